The number of benzene rings is 1. The van der Waals surface area contributed by atoms with Crippen molar-refractivity contribution < 1.29 is 22.8 Å². The van der Waals surface area contributed by atoms with Crippen LogP contribution in [0.25, 0.3) is 0 Å². The van der Waals surface area contributed by atoms with Gasteiger partial charge in [0, 0.05) is 18.7 Å². The van der Waals surface area contributed by atoms with Crippen molar-refractivity contribution in [3.63, 3.8) is 0 Å². The Hall–Kier alpha value is -1.76. The lowest BCUT2D eigenvalue weighted by molar-refractivity contribution is -0.137. The van der Waals surface area contributed by atoms with Gasteiger partial charge in [-0.15, -0.1) is 0 Å². The van der Waals surface area contributed by atoms with Gasteiger partial charge in [0.2, 0.25) is 5.91 Å². The van der Waals surface area contributed by atoms with E-state index in [4.69, 9.17) is 17.3 Å². The van der Waals surface area contributed by atoms with Gasteiger partial charge in [-0.05, 0) is 24.1 Å². The zero-order valence-electron chi connectivity index (χ0n) is 11.7. The average molecular weight is 335 g/mol. The largest absolute Gasteiger partial charge is 0.417 e. The Kier molecular flexibility index (Phi) is 4.37. The predicted molar refractivity (Wildman–Crippen MR) is 74.2 cm³/mol. The lowest BCUT2D eigenvalue weighted by Gasteiger charge is -2.17. The second-order valence-corrected chi connectivity index (χ2v) is 5.80. The third-order valence-electron chi connectivity index (χ3n) is 3.78. The van der Waals surface area contributed by atoms with Gasteiger partial charge in [0.25, 0.3) is 5.91 Å². The molecule has 0 spiro atoms. The molecule has 1 aromatic carbocycles. The number of carbonyl (C=O) groups excluding carboxylic acids is 2. The fraction of sp³-hybridized carbons (Fsp3) is 0.429. The van der Waals surface area contributed by atoms with E-state index in [9.17, 15) is 22.8 Å². The molecule has 1 aromatic rings. The van der Waals surface area contributed by atoms with E-state index in [2.05, 4.69) is 0 Å². The number of alkyl halides is 3. The number of carbonyl (C=O) groups is 2. The Morgan fingerprint density at radius 2 is 1.95 bits per heavy atom. The summed E-state index contributed by atoms with van der Waals surface area (Å²) in [5.41, 5.74) is 4.07. The molecule has 0 saturated carbocycles. The number of nitrogens with zero attached hydrogens (tertiary/aromatic N) is 1. The summed E-state index contributed by atoms with van der Waals surface area (Å²) in [5.74, 6) is -1.71. The van der Waals surface area contributed by atoms with Gasteiger partial charge in [-0.25, -0.2) is 0 Å². The van der Waals surface area contributed by atoms with Crippen LogP contribution < -0.4 is 5.73 Å². The van der Waals surface area contributed by atoms with Gasteiger partial charge >= 0.3 is 6.18 Å². The van der Waals surface area contributed by atoms with E-state index in [0.717, 1.165) is 12.1 Å². The van der Waals surface area contributed by atoms with Crippen molar-refractivity contribution in [1.82, 2.24) is 4.90 Å². The molecule has 22 heavy (non-hydrogen) atoms. The zero-order valence-corrected chi connectivity index (χ0v) is 12.4. The monoisotopic (exact) mass is 334 g/mol. The van der Waals surface area contributed by atoms with Crippen molar-refractivity contribution in [2.45, 2.75) is 13.1 Å². The molecular weight excluding hydrogens is 321 g/mol. The maximum atomic E-state index is 12.8. The number of nitrogens with two attached hydrogens (primary N) is 1. The standard InChI is InChI=1S/C14H14ClF3N2O2/c1-7-5-20(6-9(7)12(19)21)13(22)8-2-3-11(15)10(4-8)14(16,17)18/h2-4,7,9H,5-6H2,1H3,(H2,19,21)/t7-,9-/m1/s1. The number of hydrogen-bond acceptors (Lipinski definition) is 2. The van der Waals surface area contributed by atoms with Crippen LogP contribution in [0.5, 0.6) is 0 Å². The lowest BCUT2D eigenvalue weighted by atomic mass is 9.98. The minimum Gasteiger partial charge on any atom is -0.369 e. The van der Waals surface area contributed by atoms with E-state index < -0.39 is 34.5 Å². The smallest absolute Gasteiger partial charge is 0.369 e. The molecule has 0 aliphatic carbocycles. The van der Waals surface area contributed by atoms with Crippen molar-refractivity contribution in [2.24, 2.45) is 17.6 Å². The van der Waals surface area contributed by atoms with Crippen LogP contribution in [0.1, 0.15) is 22.8 Å². The fourth-order valence-corrected chi connectivity index (χ4v) is 2.79. The van der Waals surface area contributed by atoms with Crippen molar-refractivity contribution in [3.8, 4) is 0 Å². The van der Waals surface area contributed by atoms with Crippen molar-refractivity contribution >= 4 is 23.4 Å². The number of amides is 2. The molecule has 0 unspecified atom stereocenters. The summed E-state index contributed by atoms with van der Waals surface area (Å²) in [7, 11) is 0. The highest BCUT2D eigenvalue weighted by molar-refractivity contribution is 6.31. The average Bonchev–Trinajstić information content (AvgIpc) is 2.79. The molecule has 1 fully saturated rings. The third kappa shape index (κ3) is 3.19. The minimum atomic E-state index is -4.64. The minimum absolute atomic E-state index is 0.110. The lowest BCUT2D eigenvalue weighted by Crippen LogP contribution is -2.32. The van der Waals surface area contributed by atoms with Gasteiger partial charge in [0.05, 0.1) is 16.5 Å². The molecule has 1 saturated heterocycles. The Morgan fingerprint density at radius 1 is 1.32 bits per heavy atom. The van der Waals surface area contributed by atoms with E-state index in [1.54, 1.807) is 6.92 Å². The van der Waals surface area contributed by atoms with Gasteiger partial charge in [-0.2, -0.15) is 13.2 Å². The number of primary amides is 1. The first-order chi connectivity index (χ1) is 10.1. The van der Waals surface area contributed by atoms with Gasteiger partial charge in [-0.3, -0.25) is 9.59 Å². The molecule has 4 nitrogen and oxygen atoms in total. The quantitative estimate of drug-likeness (QED) is 0.903. The number of hydrogen-bond donors (Lipinski definition) is 1. The first-order valence-corrected chi connectivity index (χ1v) is 6.94. The summed E-state index contributed by atoms with van der Waals surface area (Å²) in [6.07, 6.45) is -4.64. The van der Waals surface area contributed by atoms with Crippen LogP contribution in [0.15, 0.2) is 18.2 Å². The van der Waals surface area contributed by atoms with Crippen LogP contribution >= 0.6 is 11.6 Å². The summed E-state index contributed by atoms with van der Waals surface area (Å²) < 4.78 is 38.5. The van der Waals surface area contributed by atoms with Gasteiger partial charge < -0.3 is 10.6 Å². The first kappa shape index (κ1) is 16.6. The zero-order chi connectivity index (χ0) is 16.7. The maximum Gasteiger partial charge on any atom is 0.417 e. The van der Waals surface area contributed by atoms with Crippen LogP contribution in [0.2, 0.25) is 5.02 Å². The first-order valence-electron chi connectivity index (χ1n) is 6.56. The molecular formula is C14H14ClF3N2O2. The van der Waals surface area contributed by atoms with E-state index >= 15 is 0 Å². The summed E-state index contributed by atoms with van der Waals surface area (Å²) in [6.45, 7) is 2.15. The van der Waals surface area contributed by atoms with Crippen molar-refractivity contribution in [1.29, 1.82) is 0 Å². The molecule has 8 heteroatoms. The predicted octanol–water partition coefficient (Wildman–Crippen LogP) is 2.55. The van der Waals surface area contributed by atoms with Gasteiger partial charge in [0.1, 0.15) is 0 Å². The summed E-state index contributed by atoms with van der Waals surface area (Å²) in [5, 5.41) is -0.464. The molecule has 0 radical (unpaired) electrons. The Morgan fingerprint density at radius 3 is 2.45 bits per heavy atom. The highest BCUT2D eigenvalue weighted by atomic mass is 35.5. The van der Waals surface area contributed by atoms with E-state index in [-0.39, 0.29) is 24.6 Å². The summed E-state index contributed by atoms with van der Waals surface area (Å²) in [4.78, 5) is 24.9. The Bertz CT molecular complexity index is 619. The maximum absolute atomic E-state index is 12.8. The Labute approximate surface area is 130 Å². The molecule has 2 amide bonds. The highest BCUT2D eigenvalue weighted by Gasteiger charge is 2.38. The Balaban J connectivity index is 2.26. The molecule has 2 rings (SSSR count). The second kappa shape index (κ2) is 5.79. The number of halogens is 4. The van der Waals surface area contributed by atoms with Crippen LogP contribution in [-0.2, 0) is 11.0 Å². The van der Waals surface area contributed by atoms with E-state index in [0.29, 0.717) is 0 Å². The van der Waals surface area contributed by atoms with E-state index in [1.807, 2.05) is 0 Å². The summed E-state index contributed by atoms with van der Waals surface area (Å²) in [6, 6.07) is 3.01. The molecule has 0 bridgehead atoms. The van der Waals surface area contributed by atoms with E-state index in [1.165, 1.54) is 11.0 Å². The molecule has 120 valence electrons. The van der Waals surface area contributed by atoms with Gasteiger partial charge in [0.15, 0.2) is 0 Å². The molecule has 2 N–H and O–H groups in total. The number of rotatable bonds is 2. The third-order valence-corrected chi connectivity index (χ3v) is 4.11. The molecule has 1 heterocycles. The molecule has 1 aliphatic rings. The molecule has 1 aliphatic heterocycles. The topological polar surface area (TPSA) is 63.4 Å². The SMILES string of the molecule is C[C@@H]1CN(C(=O)c2ccc(Cl)c(C(F)(F)F)c2)C[C@H]1C(N)=O. The fourth-order valence-electron chi connectivity index (χ4n) is 2.56. The number of likely N-dealkylation sites (tertiary alicyclic amines) is 1. The molecule has 2 atom stereocenters. The highest BCUT2D eigenvalue weighted by Crippen LogP contribution is 2.35. The molecule has 0 aromatic heterocycles. The van der Waals surface area contributed by atoms with Crippen LogP contribution in [0.3, 0.4) is 0 Å². The van der Waals surface area contributed by atoms with Crippen LogP contribution in [0, 0.1) is 11.8 Å². The second-order valence-electron chi connectivity index (χ2n) is 5.39. The van der Waals surface area contributed by atoms with Crippen LogP contribution in [-0.4, -0.2) is 29.8 Å². The van der Waals surface area contributed by atoms with Crippen LogP contribution in [0.4, 0.5) is 13.2 Å². The normalized spacial score (nSPS) is 22.0. The summed E-state index contributed by atoms with van der Waals surface area (Å²) >= 11 is 5.53. The van der Waals surface area contributed by atoms with Gasteiger partial charge in [-0.1, -0.05) is 18.5 Å². The van der Waals surface area contributed by atoms with Crippen molar-refractivity contribution in [3.05, 3.63) is 34.3 Å². The van der Waals surface area contributed by atoms with Crippen molar-refractivity contribution in [2.75, 3.05) is 13.1 Å².